The molecule has 274 valence electrons. The van der Waals surface area contributed by atoms with E-state index < -0.39 is 21.2 Å². The Hall–Kier alpha value is -4.42. The lowest BCUT2D eigenvalue weighted by Crippen LogP contribution is -2.40. The van der Waals surface area contributed by atoms with Crippen molar-refractivity contribution in [3.8, 4) is 17.0 Å². The number of nitrogens with zero attached hydrogens (tertiary/aromatic N) is 4. The van der Waals surface area contributed by atoms with Crippen LogP contribution in [-0.2, 0) is 32.5 Å². The first kappa shape index (κ1) is 34.7. The number of methoxy groups -OCH3 is 1. The molecule has 0 unspecified atom stereocenters. The fraction of sp³-hybridized carbons (Fsp3) is 0.475. The molecule has 3 fully saturated rings. The van der Waals surface area contributed by atoms with Gasteiger partial charge in [-0.25, -0.2) is 8.42 Å². The Morgan fingerprint density at radius 1 is 1.02 bits per heavy atom. The van der Waals surface area contributed by atoms with Crippen molar-refractivity contribution in [2.24, 2.45) is 0 Å². The Labute approximate surface area is 305 Å². The largest absolute Gasteiger partial charge is 0.497 e. The van der Waals surface area contributed by atoms with E-state index in [0.717, 1.165) is 70.3 Å². The third-order valence-corrected chi connectivity index (χ3v) is 12.8. The number of amides is 2. The molecule has 2 aromatic heterocycles. The number of fused-ring (bicyclic) bond motifs is 5. The number of hydrogen-bond acceptors (Lipinski definition) is 7. The Morgan fingerprint density at radius 2 is 1.79 bits per heavy atom. The van der Waals surface area contributed by atoms with Crippen molar-refractivity contribution < 1.29 is 27.5 Å². The van der Waals surface area contributed by atoms with Gasteiger partial charge in [-0.05, 0) is 92.5 Å². The number of carbonyl (C=O) groups is 2. The molecule has 8 rings (SSSR count). The first-order valence-corrected chi connectivity index (χ1v) is 20.2. The van der Waals surface area contributed by atoms with Crippen molar-refractivity contribution >= 4 is 44.4 Å². The van der Waals surface area contributed by atoms with Gasteiger partial charge in [0.2, 0.25) is 15.9 Å². The zero-order valence-electron chi connectivity index (χ0n) is 30.2. The quantitative estimate of drug-likeness (QED) is 0.214. The Morgan fingerprint density at radius 3 is 2.50 bits per heavy atom. The van der Waals surface area contributed by atoms with Crippen LogP contribution < -0.4 is 9.46 Å². The molecule has 2 amide bonds. The summed E-state index contributed by atoms with van der Waals surface area (Å²) in [6.07, 6.45) is 11.9. The summed E-state index contributed by atoms with van der Waals surface area (Å²) in [6, 6.07) is 12.6. The molecule has 0 radical (unpaired) electrons. The van der Waals surface area contributed by atoms with Crippen molar-refractivity contribution in [3.05, 3.63) is 70.5 Å². The van der Waals surface area contributed by atoms with E-state index in [4.69, 9.17) is 14.6 Å². The average Bonchev–Trinajstić information content (AvgIpc) is 3.86. The number of sulfonamides is 1. The standard InChI is InChI=1S/C40H47N5O6S/c1-25(2)52(48,49)42-36(46)20-26-9-13-33-35(19-26)44-23-29(38-34(24-45(41-38)30-10-11-30)40(47)43-15-17-51-18-16-43)21-28-22-31(50-3)12-14-32(28)39(44)37(33)27-7-5-4-6-8-27/h9,12-14,19,21-22,24-25,27,30H,4-8,10-11,15-18,20,23H2,1-3H3,(H,42,46). The maximum atomic E-state index is 14.2. The molecule has 2 saturated carbocycles. The average molecular weight is 726 g/mol. The molecule has 1 N–H and O–H groups in total. The minimum Gasteiger partial charge on any atom is -0.497 e. The summed E-state index contributed by atoms with van der Waals surface area (Å²) in [5.74, 6) is 0.516. The summed E-state index contributed by atoms with van der Waals surface area (Å²) < 4.78 is 42.9. The lowest BCUT2D eigenvalue weighted by atomic mass is 9.81. The molecule has 52 heavy (non-hydrogen) atoms. The smallest absolute Gasteiger partial charge is 0.257 e. The van der Waals surface area contributed by atoms with E-state index >= 15 is 0 Å². The van der Waals surface area contributed by atoms with Crippen molar-refractivity contribution in [2.75, 3.05) is 33.4 Å². The highest BCUT2D eigenvalue weighted by atomic mass is 32.2. The lowest BCUT2D eigenvalue weighted by Gasteiger charge is -2.26. The van der Waals surface area contributed by atoms with E-state index in [1.54, 1.807) is 21.0 Å². The number of morpholine rings is 1. The van der Waals surface area contributed by atoms with E-state index in [-0.39, 0.29) is 18.4 Å². The van der Waals surface area contributed by atoms with E-state index in [1.807, 2.05) is 34.0 Å². The predicted octanol–water partition coefficient (Wildman–Crippen LogP) is 6.32. The Kier molecular flexibility index (Phi) is 9.23. The molecule has 11 nitrogen and oxygen atoms in total. The summed E-state index contributed by atoms with van der Waals surface area (Å²) in [6.45, 7) is 5.67. The SMILES string of the molecule is COc1ccc2c(c1)C=C(c1nn(C3CC3)cc1C(=O)N1CCOCC1)Cn1c-2c(C2CCCCC2)c2ccc(CC(=O)NS(=O)(=O)C(C)C)cc21. The number of ether oxygens (including phenoxy) is 2. The number of hydrogen-bond donors (Lipinski definition) is 1. The molecule has 2 aromatic carbocycles. The van der Waals surface area contributed by atoms with Crippen molar-refractivity contribution in [1.29, 1.82) is 0 Å². The normalized spacial score (nSPS) is 18.2. The van der Waals surface area contributed by atoms with Crippen LogP contribution in [0, 0.1) is 0 Å². The second kappa shape index (κ2) is 13.9. The fourth-order valence-corrected chi connectivity index (χ4v) is 8.71. The molecule has 12 heteroatoms. The van der Waals surface area contributed by atoms with Crippen LogP contribution >= 0.6 is 0 Å². The predicted molar refractivity (Wildman–Crippen MR) is 201 cm³/mol. The van der Waals surface area contributed by atoms with Crippen LogP contribution in [0.1, 0.15) is 103 Å². The van der Waals surface area contributed by atoms with Crippen LogP contribution in [0.5, 0.6) is 5.75 Å². The molecule has 4 heterocycles. The second-order valence-electron chi connectivity index (χ2n) is 15.0. The van der Waals surface area contributed by atoms with Crippen LogP contribution in [-0.4, -0.2) is 78.1 Å². The first-order chi connectivity index (χ1) is 25.1. The van der Waals surface area contributed by atoms with Crippen LogP contribution in [0.15, 0.2) is 42.6 Å². The van der Waals surface area contributed by atoms with Gasteiger partial charge >= 0.3 is 0 Å². The molecule has 0 atom stereocenters. The number of rotatable bonds is 9. The maximum absolute atomic E-state index is 14.2. The van der Waals surface area contributed by atoms with Crippen molar-refractivity contribution in [3.63, 3.8) is 0 Å². The molecule has 1 saturated heterocycles. The second-order valence-corrected chi connectivity index (χ2v) is 17.2. The first-order valence-electron chi connectivity index (χ1n) is 18.7. The zero-order chi connectivity index (χ0) is 36.1. The van der Waals surface area contributed by atoms with Crippen LogP contribution in [0.2, 0.25) is 0 Å². The molecular formula is C40H47N5O6S. The van der Waals surface area contributed by atoms with Crippen molar-refractivity contribution in [1.82, 2.24) is 24.0 Å². The van der Waals surface area contributed by atoms with Gasteiger partial charge in [0.25, 0.3) is 5.91 Å². The van der Waals surface area contributed by atoms with Crippen molar-refractivity contribution in [2.45, 2.75) is 89.0 Å². The third-order valence-electron chi connectivity index (χ3n) is 11.1. The van der Waals surface area contributed by atoms with E-state index in [2.05, 4.69) is 33.6 Å². The Bertz CT molecular complexity index is 2180. The highest BCUT2D eigenvalue weighted by Crippen LogP contribution is 2.48. The van der Waals surface area contributed by atoms with E-state index in [0.29, 0.717) is 50.0 Å². The van der Waals surface area contributed by atoms with Gasteiger partial charge in [0.05, 0.1) is 55.8 Å². The van der Waals surface area contributed by atoms with Gasteiger partial charge in [0.15, 0.2) is 0 Å². The zero-order valence-corrected chi connectivity index (χ0v) is 31.0. The Balaban J connectivity index is 1.30. The van der Waals surface area contributed by atoms with Gasteiger partial charge in [-0.15, -0.1) is 0 Å². The summed E-state index contributed by atoms with van der Waals surface area (Å²) in [5.41, 5.74) is 8.42. The summed E-state index contributed by atoms with van der Waals surface area (Å²) in [7, 11) is -2.08. The third kappa shape index (κ3) is 6.55. The van der Waals surface area contributed by atoms with Crippen LogP contribution in [0.25, 0.3) is 33.8 Å². The monoisotopic (exact) mass is 725 g/mol. The van der Waals surface area contributed by atoms with Crippen LogP contribution in [0.3, 0.4) is 0 Å². The van der Waals surface area contributed by atoms with Gasteiger partial charge in [0, 0.05) is 41.3 Å². The number of allylic oxidation sites excluding steroid dienone is 1. The van der Waals surface area contributed by atoms with Crippen LogP contribution in [0.4, 0.5) is 0 Å². The van der Waals surface area contributed by atoms with E-state index in [9.17, 15) is 18.0 Å². The molecule has 0 bridgehead atoms. The topological polar surface area (TPSA) is 125 Å². The van der Waals surface area contributed by atoms with E-state index in [1.165, 1.54) is 24.8 Å². The maximum Gasteiger partial charge on any atom is 0.257 e. The van der Waals surface area contributed by atoms with Gasteiger partial charge in [0.1, 0.15) is 11.4 Å². The lowest BCUT2D eigenvalue weighted by molar-refractivity contribution is -0.118. The highest BCUT2D eigenvalue weighted by Gasteiger charge is 2.34. The number of carbonyl (C=O) groups excluding carboxylic acids is 2. The number of aromatic nitrogens is 3. The number of nitrogens with one attached hydrogen (secondary N) is 1. The molecular weight excluding hydrogens is 679 g/mol. The molecule has 4 aromatic rings. The minimum atomic E-state index is -3.76. The number of benzene rings is 2. The minimum absolute atomic E-state index is 0.0358. The van der Waals surface area contributed by atoms with Gasteiger partial charge in [-0.3, -0.25) is 19.0 Å². The summed E-state index contributed by atoms with van der Waals surface area (Å²) in [4.78, 5) is 29.1. The summed E-state index contributed by atoms with van der Waals surface area (Å²) >= 11 is 0. The van der Waals surface area contributed by atoms with Gasteiger partial charge < -0.3 is 18.9 Å². The molecule has 0 spiro atoms. The molecule has 2 aliphatic heterocycles. The molecule has 4 aliphatic rings. The summed E-state index contributed by atoms with van der Waals surface area (Å²) in [5, 5.41) is 5.56. The fourth-order valence-electron chi connectivity index (χ4n) is 8.09. The van der Waals surface area contributed by atoms with Gasteiger partial charge in [-0.1, -0.05) is 31.4 Å². The molecule has 2 aliphatic carbocycles. The van der Waals surface area contributed by atoms with Gasteiger partial charge in [-0.2, -0.15) is 5.10 Å². The highest BCUT2D eigenvalue weighted by molar-refractivity contribution is 7.90.